The van der Waals surface area contributed by atoms with Gasteiger partial charge in [0.1, 0.15) is 5.88 Å². The second kappa shape index (κ2) is 4.04. The molecule has 0 aliphatic rings. The highest BCUT2D eigenvalue weighted by Gasteiger charge is 2.12. The Morgan fingerprint density at radius 1 is 1.23 bits per heavy atom. The molecule has 4 nitrogen and oxygen atoms in total. The standard InChI is InChI=1S/C8H8NO3S/c10-6-9-7-13(11,12)8-4-2-1-3-5-8/h1-5H,7H2,(H,9,10). The first-order valence-electron chi connectivity index (χ1n) is 3.54. The molecule has 0 atom stereocenters. The number of benzene rings is 1. The van der Waals surface area contributed by atoms with Gasteiger partial charge in [-0.1, -0.05) is 18.2 Å². The molecule has 0 aliphatic carbocycles. The van der Waals surface area contributed by atoms with Gasteiger partial charge in [-0.25, -0.2) is 8.42 Å². The van der Waals surface area contributed by atoms with Gasteiger partial charge in [0.05, 0.1) is 4.90 Å². The van der Waals surface area contributed by atoms with Gasteiger partial charge >= 0.3 is 6.41 Å². The lowest BCUT2D eigenvalue weighted by molar-refractivity contribution is 0.543. The lowest BCUT2D eigenvalue weighted by atomic mass is 10.4. The second-order valence-corrected chi connectivity index (χ2v) is 4.34. The minimum absolute atomic E-state index is 0.192. The molecule has 1 radical (unpaired) electrons. The summed E-state index contributed by atoms with van der Waals surface area (Å²) in [5.74, 6) is -0.416. The predicted octanol–water partition coefficient (Wildman–Crippen LogP) is 0.0746. The SMILES string of the molecule is O=[C]NCS(=O)(=O)c1ccccc1. The Balaban J connectivity index is 2.88. The Morgan fingerprint density at radius 2 is 1.85 bits per heavy atom. The second-order valence-electron chi connectivity index (χ2n) is 2.35. The first-order valence-corrected chi connectivity index (χ1v) is 5.20. The molecule has 1 aromatic rings. The maximum Gasteiger partial charge on any atom is 0.310 e. The summed E-state index contributed by atoms with van der Waals surface area (Å²) in [6.07, 6.45) is 1.31. The third-order valence-corrected chi connectivity index (χ3v) is 2.95. The molecule has 0 saturated heterocycles. The Hall–Kier alpha value is -1.36. The molecule has 0 saturated carbocycles. The summed E-state index contributed by atoms with van der Waals surface area (Å²) in [7, 11) is -3.40. The molecule has 0 unspecified atom stereocenters. The Morgan fingerprint density at radius 3 is 2.38 bits per heavy atom. The van der Waals surface area contributed by atoms with Crippen LogP contribution in [0.15, 0.2) is 35.2 Å². The van der Waals surface area contributed by atoms with Crippen molar-refractivity contribution in [2.75, 3.05) is 5.88 Å². The van der Waals surface area contributed by atoms with Crippen LogP contribution < -0.4 is 5.32 Å². The van der Waals surface area contributed by atoms with Crippen molar-refractivity contribution in [1.29, 1.82) is 0 Å². The van der Waals surface area contributed by atoms with Crippen LogP contribution in [-0.2, 0) is 14.6 Å². The van der Waals surface area contributed by atoms with E-state index >= 15 is 0 Å². The van der Waals surface area contributed by atoms with Crippen LogP contribution in [-0.4, -0.2) is 20.7 Å². The molecule has 1 amide bonds. The molecule has 1 rings (SSSR count). The van der Waals surface area contributed by atoms with Gasteiger partial charge in [-0.15, -0.1) is 0 Å². The highest BCUT2D eigenvalue weighted by Crippen LogP contribution is 2.07. The lowest BCUT2D eigenvalue weighted by Crippen LogP contribution is -2.21. The van der Waals surface area contributed by atoms with Crippen molar-refractivity contribution in [2.24, 2.45) is 0 Å². The summed E-state index contributed by atoms with van der Waals surface area (Å²) in [5.41, 5.74) is 0. The van der Waals surface area contributed by atoms with E-state index < -0.39 is 15.7 Å². The molecule has 13 heavy (non-hydrogen) atoms. The van der Waals surface area contributed by atoms with E-state index in [1.807, 2.05) is 5.32 Å². The van der Waals surface area contributed by atoms with Crippen molar-refractivity contribution in [3.63, 3.8) is 0 Å². The van der Waals surface area contributed by atoms with E-state index in [1.54, 1.807) is 18.2 Å². The molecule has 1 aromatic carbocycles. The van der Waals surface area contributed by atoms with Gasteiger partial charge in [-0.05, 0) is 12.1 Å². The lowest BCUT2D eigenvalue weighted by Gasteiger charge is -2.01. The van der Waals surface area contributed by atoms with E-state index in [4.69, 9.17) is 0 Å². The largest absolute Gasteiger partial charge is 0.333 e. The number of hydrogen-bond donors (Lipinski definition) is 1. The van der Waals surface area contributed by atoms with Crippen molar-refractivity contribution in [3.8, 4) is 0 Å². The number of nitrogens with one attached hydrogen (secondary N) is 1. The first kappa shape index (κ1) is 9.73. The van der Waals surface area contributed by atoms with E-state index in [0.29, 0.717) is 0 Å². The predicted molar refractivity (Wildman–Crippen MR) is 47.3 cm³/mol. The normalized spacial score (nSPS) is 10.8. The molecule has 5 heteroatoms. The van der Waals surface area contributed by atoms with Crippen molar-refractivity contribution < 1.29 is 13.2 Å². The van der Waals surface area contributed by atoms with Crippen molar-refractivity contribution >= 4 is 16.2 Å². The molecule has 0 aliphatic heterocycles. The Kier molecular flexibility index (Phi) is 3.02. The quantitative estimate of drug-likeness (QED) is 0.696. The van der Waals surface area contributed by atoms with Crippen molar-refractivity contribution in [1.82, 2.24) is 5.32 Å². The third-order valence-electron chi connectivity index (χ3n) is 1.44. The maximum atomic E-state index is 11.3. The summed E-state index contributed by atoms with van der Waals surface area (Å²) in [4.78, 5) is 9.97. The molecular formula is C8H8NO3S. The fourth-order valence-corrected chi connectivity index (χ4v) is 1.82. The molecule has 0 bridgehead atoms. The van der Waals surface area contributed by atoms with Crippen LogP contribution in [0.3, 0.4) is 0 Å². The van der Waals surface area contributed by atoms with Crippen LogP contribution in [0.2, 0.25) is 0 Å². The van der Waals surface area contributed by atoms with E-state index in [0.717, 1.165) is 0 Å². The number of sulfone groups is 1. The van der Waals surface area contributed by atoms with E-state index in [9.17, 15) is 13.2 Å². The average Bonchev–Trinajstić information content (AvgIpc) is 2.16. The zero-order valence-corrected chi connectivity index (χ0v) is 7.54. The molecular weight excluding hydrogens is 190 g/mol. The maximum absolute atomic E-state index is 11.3. The molecule has 0 spiro atoms. The molecule has 0 fully saturated rings. The van der Waals surface area contributed by atoms with Crippen molar-refractivity contribution in [2.45, 2.75) is 4.90 Å². The van der Waals surface area contributed by atoms with Gasteiger partial charge in [0.15, 0.2) is 9.84 Å². The van der Waals surface area contributed by atoms with E-state index in [1.165, 1.54) is 18.5 Å². The van der Waals surface area contributed by atoms with Gasteiger partial charge < -0.3 is 5.32 Å². The van der Waals surface area contributed by atoms with Crippen LogP contribution in [0.5, 0.6) is 0 Å². The topological polar surface area (TPSA) is 63.2 Å². The Bertz CT molecular complexity index is 372. The van der Waals surface area contributed by atoms with Crippen LogP contribution in [0.1, 0.15) is 0 Å². The fraction of sp³-hybridized carbons (Fsp3) is 0.125. The minimum atomic E-state index is -3.40. The summed E-state index contributed by atoms with van der Waals surface area (Å²) >= 11 is 0. The average molecular weight is 198 g/mol. The summed E-state index contributed by atoms with van der Waals surface area (Å²) in [6, 6.07) is 7.91. The summed E-state index contributed by atoms with van der Waals surface area (Å²) in [6.45, 7) is 0. The molecule has 1 N–H and O–H groups in total. The van der Waals surface area contributed by atoms with Gasteiger partial charge in [0.2, 0.25) is 0 Å². The van der Waals surface area contributed by atoms with Gasteiger partial charge in [-0.3, -0.25) is 4.79 Å². The van der Waals surface area contributed by atoms with Gasteiger partial charge in [0, 0.05) is 0 Å². The van der Waals surface area contributed by atoms with E-state index in [-0.39, 0.29) is 4.90 Å². The minimum Gasteiger partial charge on any atom is -0.333 e. The smallest absolute Gasteiger partial charge is 0.310 e. The zero-order valence-electron chi connectivity index (χ0n) is 6.73. The number of amides is 1. The third kappa shape index (κ3) is 2.55. The van der Waals surface area contributed by atoms with Crippen LogP contribution in [0.4, 0.5) is 0 Å². The first-order chi connectivity index (χ1) is 6.17. The zero-order chi connectivity index (χ0) is 9.73. The highest BCUT2D eigenvalue weighted by molar-refractivity contribution is 7.91. The van der Waals surface area contributed by atoms with Gasteiger partial charge in [-0.2, -0.15) is 0 Å². The number of carbonyl (C=O) groups excluding carboxylic acids is 1. The van der Waals surface area contributed by atoms with Crippen LogP contribution >= 0.6 is 0 Å². The molecule has 69 valence electrons. The number of hydrogen-bond acceptors (Lipinski definition) is 3. The van der Waals surface area contributed by atoms with Gasteiger partial charge in [0.25, 0.3) is 0 Å². The van der Waals surface area contributed by atoms with E-state index in [2.05, 4.69) is 0 Å². The fourth-order valence-electron chi connectivity index (χ4n) is 0.836. The molecule has 0 aromatic heterocycles. The van der Waals surface area contributed by atoms with Crippen molar-refractivity contribution in [3.05, 3.63) is 30.3 Å². The van der Waals surface area contributed by atoms with Crippen LogP contribution in [0.25, 0.3) is 0 Å². The Labute approximate surface area is 76.5 Å². The monoisotopic (exact) mass is 198 g/mol. The molecule has 0 heterocycles. The summed E-state index contributed by atoms with van der Waals surface area (Å²) < 4.78 is 22.7. The highest BCUT2D eigenvalue weighted by atomic mass is 32.2. The van der Waals surface area contributed by atoms with Crippen LogP contribution in [0, 0.1) is 0 Å². The number of rotatable bonds is 4. The summed E-state index contributed by atoms with van der Waals surface area (Å²) in [5, 5.41) is 1.99.